The lowest BCUT2D eigenvalue weighted by Crippen LogP contribution is -2.47. The van der Waals surface area contributed by atoms with Crippen LogP contribution in [0.15, 0.2) is 18.2 Å². The van der Waals surface area contributed by atoms with Crippen LogP contribution in [0.5, 0.6) is 5.75 Å². The van der Waals surface area contributed by atoms with E-state index in [0.717, 1.165) is 24.9 Å². The molecule has 94 valence electrons. The van der Waals surface area contributed by atoms with Crippen LogP contribution in [0.25, 0.3) is 0 Å². The fourth-order valence-electron chi connectivity index (χ4n) is 2.32. The average molecular weight is 239 g/mol. The topological polar surface area (TPSA) is 41.5 Å². The highest BCUT2D eigenvalue weighted by atomic mass is 19.1. The van der Waals surface area contributed by atoms with Crippen molar-refractivity contribution < 1.29 is 14.2 Å². The standard InChI is InChI=1S/C13H18FNO2/c1-17-12-7-11(14)4-3-10(12)8-13(16)5-2-6-15-9-13/h3-4,7,15-16H,2,5-6,8-9H2,1H3. The van der Waals surface area contributed by atoms with Crippen molar-refractivity contribution in [3.8, 4) is 5.75 Å². The number of methoxy groups -OCH3 is 1. The molecule has 0 aromatic heterocycles. The van der Waals surface area contributed by atoms with Gasteiger partial charge in [-0.1, -0.05) is 6.07 Å². The number of ether oxygens (including phenoxy) is 1. The fourth-order valence-corrected chi connectivity index (χ4v) is 2.32. The number of piperidine rings is 1. The van der Waals surface area contributed by atoms with E-state index in [0.29, 0.717) is 18.7 Å². The number of nitrogens with one attached hydrogen (secondary N) is 1. The third-order valence-corrected chi connectivity index (χ3v) is 3.22. The maximum absolute atomic E-state index is 13.1. The Morgan fingerprint density at radius 2 is 2.35 bits per heavy atom. The van der Waals surface area contributed by atoms with Gasteiger partial charge in [-0.15, -0.1) is 0 Å². The van der Waals surface area contributed by atoms with Crippen molar-refractivity contribution >= 4 is 0 Å². The van der Waals surface area contributed by atoms with E-state index in [4.69, 9.17) is 4.74 Å². The number of aliphatic hydroxyl groups is 1. The number of halogens is 1. The molecule has 1 aromatic rings. The lowest BCUT2D eigenvalue weighted by molar-refractivity contribution is 0.0164. The van der Waals surface area contributed by atoms with Crippen LogP contribution in [0.3, 0.4) is 0 Å². The highest BCUT2D eigenvalue weighted by Gasteiger charge is 2.30. The van der Waals surface area contributed by atoms with E-state index in [1.807, 2.05) is 0 Å². The van der Waals surface area contributed by atoms with Gasteiger partial charge in [-0.05, 0) is 31.0 Å². The molecule has 1 heterocycles. The Morgan fingerprint density at radius 1 is 1.53 bits per heavy atom. The zero-order valence-electron chi connectivity index (χ0n) is 10.0. The molecule has 1 aliphatic heterocycles. The Bertz CT molecular complexity index is 389. The Kier molecular flexibility index (Phi) is 3.64. The maximum Gasteiger partial charge on any atom is 0.126 e. The number of hydrogen-bond acceptors (Lipinski definition) is 3. The molecule has 1 unspecified atom stereocenters. The molecule has 17 heavy (non-hydrogen) atoms. The molecule has 0 aliphatic carbocycles. The summed E-state index contributed by atoms with van der Waals surface area (Å²) in [6.45, 7) is 1.52. The van der Waals surface area contributed by atoms with Gasteiger partial charge in [0.05, 0.1) is 12.7 Å². The van der Waals surface area contributed by atoms with E-state index < -0.39 is 5.60 Å². The Balaban J connectivity index is 2.17. The van der Waals surface area contributed by atoms with E-state index in [1.165, 1.54) is 19.2 Å². The molecule has 2 N–H and O–H groups in total. The smallest absolute Gasteiger partial charge is 0.126 e. The van der Waals surface area contributed by atoms with Gasteiger partial charge in [0.15, 0.2) is 0 Å². The van der Waals surface area contributed by atoms with Crippen molar-refractivity contribution in [2.45, 2.75) is 24.9 Å². The Hall–Kier alpha value is -1.13. The van der Waals surface area contributed by atoms with E-state index in [2.05, 4.69) is 5.32 Å². The molecule has 1 atom stereocenters. The number of hydrogen-bond donors (Lipinski definition) is 2. The van der Waals surface area contributed by atoms with E-state index in [9.17, 15) is 9.50 Å². The van der Waals surface area contributed by atoms with Gasteiger partial charge >= 0.3 is 0 Å². The molecule has 0 radical (unpaired) electrons. The number of β-amino-alcohol motifs (C(OH)–C–C–N with tert-alkyl or cyclic N) is 1. The summed E-state index contributed by atoms with van der Waals surface area (Å²) in [5.41, 5.74) is 0.101. The van der Waals surface area contributed by atoms with Gasteiger partial charge in [-0.3, -0.25) is 0 Å². The third kappa shape index (κ3) is 2.96. The average Bonchev–Trinajstić information content (AvgIpc) is 2.32. The van der Waals surface area contributed by atoms with Crippen LogP contribution in [0, 0.1) is 5.82 Å². The lowest BCUT2D eigenvalue weighted by Gasteiger charge is -2.33. The van der Waals surface area contributed by atoms with Crippen LogP contribution in [0.2, 0.25) is 0 Å². The zero-order valence-corrected chi connectivity index (χ0v) is 10.0. The van der Waals surface area contributed by atoms with Crippen LogP contribution in [0.1, 0.15) is 18.4 Å². The van der Waals surface area contributed by atoms with Gasteiger partial charge in [0.25, 0.3) is 0 Å². The summed E-state index contributed by atoms with van der Waals surface area (Å²) < 4.78 is 18.2. The quantitative estimate of drug-likeness (QED) is 0.839. The van der Waals surface area contributed by atoms with Gasteiger partial charge in [0, 0.05) is 19.0 Å². The van der Waals surface area contributed by atoms with Crippen molar-refractivity contribution in [3.05, 3.63) is 29.6 Å². The van der Waals surface area contributed by atoms with E-state index in [-0.39, 0.29) is 5.82 Å². The lowest BCUT2D eigenvalue weighted by atomic mass is 9.87. The summed E-state index contributed by atoms with van der Waals surface area (Å²) in [6, 6.07) is 4.44. The number of benzene rings is 1. The predicted molar refractivity (Wildman–Crippen MR) is 63.7 cm³/mol. The summed E-state index contributed by atoms with van der Waals surface area (Å²) >= 11 is 0. The first-order valence-corrected chi connectivity index (χ1v) is 5.88. The second-order valence-electron chi connectivity index (χ2n) is 4.64. The maximum atomic E-state index is 13.1. The minimum Gasteiger partial charge on any atom is -0.496 e. The van der Waals surface area contributed by atoms with Gasteiger partial charge in [-0.2, -0.15) is 0 Å². The SMILES string of the molecule is COc1cc(F)ccc1CC1(O)CCCNC1. The van der Waals surface area contributed by atoms with Crippen LogP contribution < -0.4 is 10.1 Å². The Morgan fingerprint density at radius 3 is 3.00 bits per heavy atom. The van der Waals surface area contributed by atoms with E-state index in [1.54, 1.807) is 6.07 Å². The van der Waals surface area contributed by atoms with Gasteiger partial charge in [-0.25, -0.2) is 4.39 Å². The summed E-state index contributed by atoms with van der Waals surface area (Å²) in [6.07, 6.45) is 2.21. The molecular weight excluding hydrogens is 221 g/mol. The molecular formula is C13H18FNO2. The molecule has 1 aliphatic rings. The summed E-state index contributed by atoms with van der Waals surface area (Å²) in [5.74, 6) is 0.184. The van der Waals surface area contributed by atoms with Crippen molar-refractivity contribution in [3.63, 3.8) is 0 Å². The van der Waals surface area contributed by atoms with Crippen molar-refractivity contribution in [1.82, 2.24) is 5.32 Å². The van der Waals surface area contributed by atoms with Gasteiger partial charge in [0.1, 0.15) is 11.6 Å². The molecule has 1 fully saturated rings. The van der Waals surface area contributed by atoms with Crippen molar-refractivity contribution in [2.24, 2.45) is 0 Å². The molecule has 0 saturated carbocycles. The van der Waals surface area contributed by atoms with Crippen LogP contribution in [-0.2, 0) is 6.42 Å². The first-order chi connectivity index (χ1) is 8.13. The van der Waals surface area contributed by atoms with Crippen LogP contribution in [0.4, 0.5) is 4.39 Å². The van der Waals surface area contributed by atoms with Gasteiger partial charge < -0.3 is 15.2 Å². The summed E-state index contributed by atoms with van der Waals surface area (Å²) in [7, 11) is 1.52. The fraction of sp³-hybridized carbons (Fsp3) is 0.538. The highest BCUT2D eigenvalue weighted by Crippen LogP contribution is 2.27. The second kappa shape index (κ2) is 5.02. The van der Waals surface area contributed by atoms with Gasteiger partial charge in [0.2, 0.25) is 0 Å². The molecule has 0 bridgehead atoms. The summed E-state index contributed by atoms with van der Waals surface area (Å²) in [4.78, 5) is 0. The molecule has 1 aromatic carbocycles. The predicted octanol–water partition coefficient (Wildman–Crippen LogP) is 1.49. The van der Waals surface area contributed by atoms with Crippen molar-refractivity contribution in [2.75, 3.05) is 20.2 Å². The Labute approximate surface area is 101 Å². The summed E-state index contributed by atoms with van der Waals surface area (Å²) in [5, 5.41) is 13.6. The monoisotopic (exact) mass is 239 g/mol. The third-order valence-electron chi connectivity index (χ3n) is 3.22. The normalized spacial score (nSPS) is 24.6. The minimum absolute atomic E-state index is 0.320. The van der Waals surface area contributed by atoms with E-state index >= 15 is 0 Å². The second-order valence-corrected chi connectivity index (χ2v) is 4.64. The first-order valence-electron chi connectivity index (χ1n) is 5.88. The van der Waals surface area contributed by atoms with Crippen LogP contribution >= 0.6 is 0 Å². The minimum atomic E-state index is -0.747. The molecule has 4 heteroatoms. The molecule has 3 nitrogen and oxygen atoms in total. The molecule has 0 amide bonds. The number of rotatable bonds is 3. The van der Waals surface area contributed by atoms with Crippen molar-refractivity contribution in [1.29, 1.82) is 0 Å². The zero-order chi connectivity index (χ0) is 12.3. The highest BCUT2D eigenvalue weighted by molar-refractivity contribution is 5.35. The molecule has 0 spiro atoms. The molecule has 2 rings (SSSR count). The first kappa shape index (κ1) is 12.3. The largest absolute Gasteiger partial charge is 0.496 e. The molecule has 1 saturated heterocycles. The van der Waals surface area contributed by atoms with Crippen LogP contribution in [-0.4, -0.2) is 30.9 Å².